The van der Waals surface area contributed by atoms with Crippen molar-refractivity contribution in [3.63, 3.8) is 0 Å². The van der Waals surface area contributed by atoms with E-state index < -0.39 is 5.97 Å². The van der Waals surface area contributed by atoms with E-state index in [0.29, 0.717) is 18.8 Å². The van der Waals surface area contributed by atoms with Gasteiger partial charge in [-0.2, -0.15) is 0 Å². The lowest BCUT2D eigenvalue weighted by atomic mass is 9.97. The topological polar surface area (TPSA) is 59.5 Å². The van der Waals surface area contributed by atoms with Crippen LogP contribution >= 0.6 is 11.3 Å². The third kappa shape index (κ3) is 5.89. The van der Waals surface area contributed by atoms with Gasteiger partial charge in [0.25, 0.3) is 0 Å². The Kier molecular flexibility index (Phi) is 8.97. The molecule has 1 aromatic rings. The molecular formula is C18H30N2O3S. The van der Waals surface area contributed by atoms with Gasteiger partial charge in [0.05, 0.1) is 13.2 Å². The zero-order valence-corrected chi connectivity index (χ0v) is 16.3. The lowest BCUT2D eigenvalue weighted by molar-refractivity contribution is -0.138. The molecule has 136 valence electrons. The van der Waals surface area contributed by atoms with Crippen LogP contribution in [0.25, 0.3) is 0 Å². The van der Waals surface area contributed by atoms with Crippen molar-refractivity contribution in [3.05, 3.63) is 16.1 Å². The van der Waals surface area contributed by atoms with Gasteiger partial charge < -0.3 is 9.64 Å². The largest absolute Gasteiger partial charge is 0.461 e. The summed E-state index contributed by atoms with van der Waals surface area (Å²) in [6.07, 6.45) is 3.95. The summed E-state index contributed by atoms with van der Waals surface area (Å²) in [6.45, 7) is 10.8. The van der Waals surface area contributed by atoms with Gasteiger partial charge in [-0.05, 0) is 33.6 Å². The lowest BCUT2D eigenvalue weighted by Gasteiger charge is -2.29. The zero-order chi connectivity index (χ0) is 18.1. The number of aromatic nitrogens is 1. The fourth-order valence-corrected chi connectivity index (χ4v) is 3.29. The molecule has 0 spiro atoms. The van der Waals surface area contributed by atoms with Crippen LogP contribution in [-0.4, -0.2) is 34.4 Å². The van der Waals surface area contributed by atoms with Crippen LogP contribution in [0, 0.1) is 5.92 Å². The Morgan fingerprint density at radius 1 is 1.29 bits per heavy atom. The predicted molar refractivity (Wildman–Crippen MR) is 97.1 cm³/mol. The highest BCUT2D eigenvalue weighted by Crippen LogP contribution is 2.21. The summed E-state index contributed by atoms with van der Waals surface area (Å²) in [5.41, 5.74) is 0.325. The molecule has 0 aromatic carbocycles. The van der Waals surface area contributed by atoms with E-state index in [2.05, 4.69) is 18.8 Å². The number of esters is 1. The summed E-state index contributed by atoms with van der Waals surface area (Å²) in [6, 6.07) is 0.100. The number of ether oxygens (including phenoxy) is 1. The molecule has 0 radical (unpaired) electrons. The minimum Gasteiger partial charge on any atom is -0.461 e. The van der Waals surface area contributed by atoms with Crippen molar-refractivity contribution in [2.24, 2.45) is 5.92 Å². The molecule has 0 saturated carbocycles. The summed E-state index contributed by atoms with van der Waals surface area (Å²) in [5, 5.41) is 2.47. The molecule has 0 N–H and O–H groups in total. The van der Waals surface area contributed by atoms with Crippen LogP contribution in [0.5, 0.6) is 0 Å². The van der Waals surface area contributed by atoms with Gasteiger partial charge in [-0.15, -0.1) is 11.3 Å². The number of thiazole rings is 1. The van der Waals surface area contributed by atoms with Gasteiger partial charge in [0.2, 0.25) is 5.91 Å². The Hall–Kier alpha value is -1.43. The number of rotatable bonds is 10. The number of nitrogens with zero attached hydrogens (tertiary/aromatic N) is 2. The fraction of sp³-hybridized carbons (Fsp3) is 0.722. The minimum absolute atomic E-state index is 0.0665. The number of hydrogen-bond donors (Lipinski definition) is 0. The summed E-state index contributed by atoms with van der Waals surface area (Å²) in [5.74, 6) is -0.150. The van der Waals surface area contributed by atoms with Crippen LogP contribution in [0.15, 0.2) is 5.38 Å². The molecule has 1 aromatic heterocycles. The van der Waals surface area contributed by atoms with Gasteiger partial charge in [-0.1, -0.05) is 26.7 Å². The standard InChI is InChI=1S/C18H30N2O3S/c1-6-9-10-14(7-2)17(21)20(13(4)5)11-16-19-15(12-24-16)18(22)23-8-3/h12-14H,6-11H2,1-5H3/t14-/m1/s1. The van der Waals surface area contributed by atoms with E-state index in [9.17, 15) is 9.59 Å². The average Bonchev–Trinajstić information content (AvgIpc) is 3.02. The van der Waals surface area contributed by atoms with E-state index in [1.54, 1.807) is 12.3 Å². The molecule has 0 saturated heterocycles. The van der Waals surface area contributed by atoms with Crippen molar-refractivity contribution in [1.29, 1.82) is 0 Å². The summed E-state index contributed by atoms with van der Waals surface area (Å²) < 4.78 is 4.97. The van der Waals surface area contributed by atoms with Crippen molar-refractivity contribution in [1.82, 2.24) is 9.88 Å². The third-order valence-corrected chi connectivity index (χ3v) is 4.83. The molecule has 0 fully saturated rings. The molecule has 0 aliphatic carbocycles. The first-order valence-corrected chi connectivity index (χ1v) is 9.74. The molecule has 1 amide bonds. The molecule has 0 bridgehead atoms. The highest BCUT2D eigenvalue weighted by Gasteiger charge is 2.25. The van der Waals surface area contributed by atoms with Crippen LogP contribution in [0.2, 0.25) is 0 Å². The molecule has 1 atom stereocenters. The Bertz CT molecular complexity index is 528. The first kappa shape index (κ1) is 20.6. The van der Waals surface area contributed by atoms with Gasteiger partial charge in [-0.3, -0.25) is 4.79 Å². The van der Waals surface area contributed by atoms with E-state index in [4.69, 9.17) is 4.74 Å². The predicted octanol–water partition coefficient (Wildman–Crippen LogP) is 4.27. The summed E-state index contributed by atoms with van der Waals surface area (Å²) in [7, 11) is 0. The fourth-order valence-electron chi connectivity index (χ4n) is 2.53. The molecule has 0 unspecified atom stereocenters. The first-order chi connectivity index (χ1) is 11.4. The number of amides is 1. The maximum Gasteiger partial charge on any atom is 0.357 e. The normalized spacial score (nSPS) is 12.2. The lowest BCUT2D eigenvalue weighted by Crippen LogP contribution is -2.40. The van der Waals surface area contributed by atoms with Crippen molar-refractivity contribution < 1.29 is 14.3 Å². The maximum atomic E-state index is 12.9. The van der Waals surface area contributed by atoms with Gasteiger partial charge in [0.1, 0.15) is 5.01 Å². The second kappa shape index (κ2) is 10.4. The second-order valence-corrected chi connectivity index (χ2v) is 7.10. The Morgan fingerprint density at radius 2 is 2.00 bits per heavy atom. The van der Waals surface area contributed by atoms with Crippen LogP contribution < -0.4 is 0 Å². The quantitative estimate of drug-likeness (QED) is 0.589. The Morgan fingerprint density at radius 3 is 2.54 bits per heavy atom. The van der Waals surface area contributed by atoms with Crippen LogP contribution in [0.3, 0.4) is 0 Å². The molecule has 1 rings (SSSR count). The monoisotopic (exact) mass is 354 g/mol. The molecule has 0 aliphatic rings. The van der Waals surface area contributed by atoms with E-state index >= 15 is 0 Å². The Balaban J connectivity index is 2.82. The average molecular weight is 355 g/mol. The second-order valence-electron chi connectivity index (χ2n) is 6.15. The first-order valence-electron chi connectivity index (χ1n) is 8.86. The summed E-state index contributed by atoms with van der Waals surface area (Å²) >= 11 is 1.40. The van der Waals surface area contributed by atoms with Crippen LogP contribution in [0.4, 0.5) is 0 Å². The van der Waals surface area contributed by atoms with Crippen molar-refractivity contribution >= 4 is 23.2 Å². The van der Waals surface area contributed by atoms with Crippen molar-refractivity contribution in [2.75, 3.05) is 6.61 Å². The molecule has 24 heavy (non-hydrogen) atoms. The van der Waals surface area contributed by atoms with Gasteiger partial charge in [0.15, 0.2) is 5.69 Å². The van der Waals surface area contributed by atoms with Crippen molar-refractivity contribution in [3.8, 4) is 0 Å². The highest BCUT2D eigenvalue weighted by molar-refractivity contribution is 7.09. The van der Waals surface area contributed by atoms with E-state index in [1.807, 2.05) is 18.7 Å². The van der Waals surface area contributed by atoms with E-state index in [-0.39, 0.29) is 17.9 Å². The Labute approximate surface area is 149 Å². The minimum atomic E-state index is -0.406. The number of carbonyl (C=O) groups is 2. The van der Waals surface area contributed by atoms with Crippen LogP contribution in [-0.2, 0) is 16.1 Å². The SMILES string of the molecule is CCCC[C@@H](CC)C(=O)N(Cc1nc(C(=O)OCC)cs1)C(C)C. The molecular weight excluding hydrogens is 324 g/mol. The molecule has 6 heteroatoms. The van der Waals surface area contributed by atoms with Gasteiger partial charge in [-0.25, -0.2) is 9.78 Å². The maximum absolute atomic E-state index is 12.9. The highest BCUT2D eigenvalue weighted by atomic mass is 32.1. The third-order valence-electron chi connectivity index (χ3n) is 4.00. The molecule has 0 aliphatic heterocycles. The number of carbonyl (C=O) groups excluding carboxylic acids is 2. The van der Waals surface area contributed by atoms with Gasteiger partial charge in [0, 0.05) is 17.3 Å². The van der Waals surface area contributed by atoms with Gasteiger partial charge >= 0.3 is 5.97 Å². The molecule has 1 heterocycles. The van der Waals surface area contributed by atoms with E-state index in [1.165, 1.54) is 11.3 Å². The molecule has 5 nitrogen and oxygen atoms in total. The van der Waals surface area contributed by atoms with E-state index in [0.717, 1.165) is 30.7 Å². The van der Waals surface area contributed by atoms with Crippen molar-refractivity contribution in [2.45, 2.75) is 72.9 Å². The smallest absolute Gasteiger partial charge is 0.357 e. The summed E-state index contributed by atoms with van der Waals surface area (Å²) in [4.78, 5) is 30.8. The van der Waals surface area contributed by atoms with Crippen LogP contribution in [0.1, 0.15) is 75.8 Å². The number of unbranched alkanes of at least 4 members (excludes halogenated alkanes) is 1. The zero-order valence-electron chi connectivity index (χ0n) is 15.5. The number of hydrogen-bond acceptors (Lipinski definition) is 5.